The number of nitrogens with one attached hydrogen (secondary N) is 1. The summed E-state index contributed by atoms with van der Waals surface area (Å²) in [4.78, 5) is 38.3. The van der Waals surface area contributed by atoms with E-state index in [1.54, 1.807) is 12.1 Å². The molecular weight excluding hydrogens is 510 g/mol. The normalized spacial score (nSPS) is 14.1. The van der Waals surface area contributed by atoms with Gasteiger partial charge in [0.05, 0.1) is 27.7 Å². The van der Waals surface area contributed by atoms with Crippen molar-refractivity contribution in [1.82, 2.24) is 19.5 Å². The Bertz CT molecular complexity index is 1610. The highest BCUT2D eigenvalue weighted by Gasteiger charge is 2.37. The highest BCUT2D eigenvalue weighted by atomic mass is 35.5. The summed E-state index contributed by atoms with van der Waals surface area (Å²) in [7, 11) is 0. The van der Waals surface area contributed by atoms with E-state index < -0.39 is 23.3 Å². The lowest BCUT2D eigenvalue weighted by Crippen LogP contribution is -2.30. The number of rotatable bonds is 6. The molecule has 1 aliphatic carbocycles. The molecule has 1 fully saturated rings. The van der Waals surface area contributed by atoms with Crippen LogP contribution in [0.1, 0.15) is 35.1 Å². The van der Waals surface area contributed by atoms with E-state index in [0.717, 1.165) is 25.0 Å². The second kappa shape index (κ2) is 8.92. The topological polar surface area (TPSA) is 168 Å². The van der Waals surface area contributed by atoms with Crippen molar-refractivity contribution in [3.63, 3.8) is 0 Å². The van der Waals surface area contributed by atoms with Gasteiger partial charge in [0.25, 0.3) is 5.56 Å². The van der Waals surface area contributed by atoms with Crippen LogP contribution in [-0.2, 0) is 0 Å². The minimum Gasteiger partial charge on any atom is -0.382 e. The fraction of sp³-hybridized carbons (Fsp3) is 0.174. The molecule has 0 saturated heterocycles. The average molecular weight is 529 g/mol. The molecule has 1 amide bonds. The Kier molecular flexibility index (Phi) is 5.89. The maximum absolute atomic E-state index is 14.2. The zero-order valence-corrected chi connectivity index (χ0v) is 20.0. The SMILES string of the molecule is NC(=O)c1cccc(-n2c(C(Nc3nc(N)nc(N)c3Cl)C3CC3)nc3c(Cl)cc(F)cc3c2=O)c1. The van der Waals surface area contributed by atoms with Gasteiger partial charge in [-0.25, -0.2) is 9.37 Å². The number of benzene rings is 2. The van der Waals surface area contributed by atoms with Crippen molar-refractivity contribution in [2.24, 2.45) is 11.7 Å². The second-order valence-electron chi connectivity index (χ2n) is 8.40. The van der Waals surface area contributed by atoms with E-state index in [4.69, 9.17) is 45.4 Å². The summed E-state index contributed by atoms with van der Waals surface area (Å²) in [5.41, 5.74) is 17.1. The predicted octanol–water partition coefficient (Wildman–Crippen LogP) is 3.45. The lowest BCUT2D eigenvalue weighted by Gasteiger charge is -2.24. The number of carbonyl (C=O) groups excluding carboxylic acids is 1. The minimum absolute atomic E-state index is 0.0160. The molecule has 184 valence electrons. The lowest BCUT2D eigenvalue weighted by atomic mass is 10.1. The van der Waals surface area contributed by atoms with Gasteiger partial charge >= 0.3 is 0 Å². The van der Waals surface area contributed by atoms with Gasteiger partial charge in [-0.2, -0.15) is 9.97 Å². The van der Waals surface area contributed by atoms with Gasteiger partial charge in [-0.05, 0) is 49.1 Å². The van der Waals surface area contributed by atoms with Gasteiger partial charge in [0.1, 0.15) is 22.5 Å². The van der Waals surface area contributed by atoms with Crippen LogP contribution < -0.4 is 28.1 Å². The third-order valence-corrected chi connectivity index (χ3v) is 6.52. The molecule has 2 aromatic carbocycles. The average Bonchev–Trinajstić information content (AvgIpc) is 3.66. The van der Waals surface area contributed by atoms with E-state index >= 15 is 0 Å². The van der Waals surface area contributed by atoms with Gasteiger partial charge in [0, 0.05) is 5.56 Å². The van der Waals surface area contributed by atoms with Crippen LogP contribution in [0.2, 0.25) is 10.0 Å². The van der Waals surface area contributed by atoms with Gasteiger partial charge in [0.2, 0.25) is 11.9 Å². The first kappa shape index (κ1) is 23.8. The molecule has 1 atom stereocenters. The van der Waals surface area contributed by atoms with Crippen LogP contribution in [0.3, 0.4) is 0 Å². The van der Waals surface area contributed by atoms with Crippen molar-refractivity contribution in [2.75, 3.05) is 16.8 Å². The predicted molar refractivity (Wildman–Crippen MR) is 136 cm³/mol. The van der Waals surface area contributed by atoms with Crippen LogP contribution in [0.5, 0.6) is 0 Å². The smallest absolute Gasteiger partial charge is 0.266 e. The summed E-state index contributed by atoms with van der Waals surface area (Å²) >= 11 is 12.6. The molecule has 13 heteroatoms. The van der Waals surface area contributed by atoms with Crippen molar-refractivity contribution >= 4 is 57.6 Å². The molecule has 1 saturated carbocycles. The molecule has 2 aromatic heterocycles. The number of nitrogen functional groups attached to an aromatic ring is 2. The number of primary amides is 1. The Morgan fingerprint density at radius 1 is 1.14 bits per heavy atom. The van der Waals surface area contributed by atoms with Gasteiger partial charge in [0.15, 0.2) is 5.82 Å². The zero-order valence-electron chi connectivity index (χ0n) is 18.5. The molecule has 10 nitrogen and oxygen atoms in total. The number of nitrogens with two attached hydrogens (primary N) is 3. The van der Waals surface area contributed by atoms with Gasteiger partial charge in [-0.15, -0.1) is 0 Å². The lowest BCUT2D eigenvalue weighted by molar-refractivity contribution is 0.1000. The molecule has 4 aromatic rings. The molecular formula is C23H19Cl2FN8O2. The third kappa shape index (κ3) is 4.27. The number of nitrogens with zero attached hydrogens (tertiary/aromatic N) is 4. The zero-order chi connectivity index (χ0) is 25.7. The number of anilines is 3. The Morgan fingerprint density at radius 2 is 1.89 bits per heavy atom. The van der Waals surface area contributed by atoms with E-state index in [2.05, 4.69) is 15.3 Å². The molecule has 0 radical (unpaired) electrons. The quantitative estimate of drug-likeness (QED) is 0.295. The number of fused-ring (bicyclic) bond motifs is 1. The van der Waals surface area contributed by atoms with E-state index in [1.807, 2.05) is 0 Å². The summed E-state index contributed by atoms with van der Waals surface area (Å²) in [5, 5.41) is 3.20. The molecule has 0 bridgehead atoms. The molecule has 5 rings (SSSR count). The number of aromatic nitrogens is 4. The summed E-state index contributed by atoms with van der Waals surface area (Å²) in [6.45, 7) is 0. The largest absolute Gasteiger partial charge is 0.382 e. The van der Waals surface area contributed by atoms with Crippen molar-refractivity contribution in [2.45, 2.75) is 18.9 Å². The number of carbonyl (C=O) groups is 1. The highest BCUT2D eigenvalue weighted by molar-refractivity contribution is 6.35. The van der Waals surface area contributed by atoms with Crippen molar-refractivity contribution < 1.29 is 9.18 Å². The van der Waals surface area contributed by atoms with Crippen molar-refractivity contribution in [3.05, 3.63) is 74.0 Å². The fourth-order valence-corrected chi connectivity index (χ4v) is 4.42. The maximum Gasteiger partial charge on any atom is 0.266 e. The van der Waals surface area contributed by atoms with Crippen LogP contribution in [0.4, 0.5) is 22.0 Å². The third-order valence-electron chi connectivity index (χ3n) is 5.86. The van der Waals surface area contributed by atoms with Crippen LogP contribution in [-0.4, -0.2) is 25.4 Å². The molecule has 7 N–H and O–H groups in total. The highest BCUT2D eigenvalue weighted by Crippen LogP contribution is 2.44. The minimum atomic E-state index is -0.688. The van der Waals surface area contributed by atoms with E-state index in [9.17, 15) is 14.0 Å². The standard InChI is InChI=1S/C23H19Cl2FN8O2/c24-14-8-11(26)7-13-17(14)31-21(34(22(13)36)12-3-1-2-10(6-12)19(28)35)16(9-4-5-9)30-20-15(25)18(27)32-23(29)33-20/h1-3,6-9,16H,4-5H2,(H2,28,35)(H5,27,29,30,32,33). The number of hydrogen-bond donors (Lipinski definition) is 4. The monoisotopic (exact) mass is 528 g/mol. The van der Waals surface area contributed by atoms with E-state index in [-0.39, 0.29) is 55.8 Å². The summed E-state index contributed by atoms with van der Waals surface area (Å²) in [6, 6.07) is 7.72. The first-order valence-corrected chi connectivity index (χ1v) is 11.6. The molecule has 36 heavy (non-hydrogen) atoms. The molecule has 1 aliphatic rings. The van der Waals surface area contributed by atoms with Gasteiger partial charge in [-0.3, -0.25) is 14.2 Å². The molecule has 2 heterocycles. The Balaban J connectivity index is 1.79. The first-order chi connectivity index (χ1) is 17.1. The van der Waals surface area contributed by atoms with E-state index in [0.29, 0.717) is 5.69 Å². The first-order valence-electron chi connectivity index (χ1n) is 10.8. The number of halogens is 3. The van der Waals surface area contributed by atoms with Crippen molar-refractivity contribution in [3.8, 4) is 5.69 Å². The van der Waals surface area contributed by atoms with Gasteiger partial charge < -0.3 is 22.5 Å². The second-order valence-corrected chi connectivity index (χ2v) is 9.18. The molecule has 1 unspecified atom stereocenters. The van der Waals surface area contributed by atoms with Crippen LogP contribution >= 0.6 is 23.2 Å². The summed E-state index contributed by atoms with van der Waals surface area (Å²) < 4.78 is 15.5. The summed E-state index contributed by atoms with van der Waals surface area (Å²) in [5.74, 6) is -1.03. The Hall–Kier alpha value is -3.96. The van der Waals surface area contributed by atoms with Crippen LogP contribution in [0.25, 0.3) is 16.6 Å². The fourth-order valence-electron chi connectivity index (χ4n) is 4.04. The van der Waals surface area contributed by atoms with Crippen LogP contribution in [0.15, 0.2) is 41.2 Å². The maximum atomic E-state index is 14.2. The van der Waals surface area contributed by atoms with Gasteiger partial charge in [-0.1, -0.05) is 29.3 Å². The van der Waals surface area contributed by atoms with E-state index in [1.165, 1.54) is 16.7 Å². The van der Waals surface area contributed by atoms with Crippen molar-refractivity contribution in [1.29, 1.82) is 0 Å². The van der Waals surface area contributed by atoms with Crippen LogP contribution in [0, 0.1) is 11.7 Å². The Labute approximate surface area is 213 Å². The molecule has 0 aliphatic heterocycles. The number of hydrogen-bond acceptors (Lipinski definition) is 8. The Morgan fingerprint density at radius 3 is 2.58 bits per heavy atom. The number of amides is 1. The summed E-state index contributed by atoms with van der Waals surface area (Å²) in [6.07, 6.45) is 1.63. The molecule has 0 spiro atoms.